The molecule has 4 heterocycles. The summed E-state index contributed by atoms with van der Waals surface area (Å²) in [6.45, 7) is 3.38. The fourth-order valence-corrected chi connectivity index (χ4v) is 3.81. The summed E-state index contributed by atoms with van der Waals surface area (Å²) in [5.74, 6) is 0.223. The fourth-order valence-electron chi connectivity index (χ4n) is 3.26. The molecule has 8 heteroatoms. The van der Waals surface area contributed by atoms with Crippen molar-refractivity contribution in [1.82, 2.24) is 24.6 Å². The first-order valence-electron chi connectivity index (χ1n) is 8.52. The van der Waals surface area contributed by atoms with Gasteiger partial charge in [-0.05, 0) is 31.5 Å². The van der Waals surface area contributed by atoms with Crippen LogP contribution in [-0.2, 0) is 7.05 Å². The van der Waals surface area contributed by atoms with Crippen LogP contribution in [-0.4, -0.2) is 43.6 Å². The molecule has 0 bridgehead atoms. The number of nitrogens with one attached hydrogen (secondary N) is 1. The number of thiazole rings is 1. The summed E-state index contributed by atoms with van der Waals surface area (Å²) in [7, 11) is 1.82. The van der Waals surface area contributed by atoms with Crippen molar-refractivity contribution in [1.29, 1.82) is 0 Å². The Hall–Kier alpha value is -2.74. The number of rotatable bonds is 4. The van der Waals surface area contributed by atoms with E-state index in [1.54, 1.807) is 34.5 Å². The molecule has 1 fully saturated rings. The molecule has 0 saturated carbocycles. The van der Waals surface area contributed by atoms with Crippen LogP contribution in [0.5, 0.6) is 0 Å². The van der Waals surface area contributed by atoms with Crippen molar-refractivity contribution in [3.8, 4) is 0 Å². The molecule has 134 valence electrons. The van der Waals surface area contributed by atoms with Crippen molar-refractivity contribution in [3.63, 3.8) is 0 Å². The molecular weight excluding hydrogens is 348 g/mol. The number of amides is 1. The van der Waals surface area contributed by atoms with Crippen LogP contribution < -0.4 is 5.32 Å². The number of aromatic nitrogens is 4. The highest BCUT2D eigenvalue weighted by atomic mass is 32.1. The molecule has 1 atom stereocenters. The lowest BCUT2D eigenvalue weighted by Crippen LogP contribution is -2.29. The topological polar surface area (TPSA) is 75.9 Å². The molecule has 0 aliphatic carbocycles. The number of pyridine rings is 1. The predicted molar refractivity (Wildman–Crippen MR) is 101 cm³/mol. The highest BCUT2D eigenvalue weighted by molar-refractivity contribution is 7.13. The van der Waals surface area contributed by atoms with E-state index in [4.69, 9.17) is 4.98 Å². The molecule has 0 aromatic carbocycles. The number of aryl methyl sites for hydroxylation is 2. The maximum atomic E-state index is 12.6. The molecule has 4 rings (SSSR count). The van der Waals surface area contributed by atoms with Gasteiger partial charge in [-0.2, -0.15) is 5.10 Å². The van der Waals surface area contributed by atoms with Gasteiger partial charge in [0.2, 0.25) is 0 Å². The number of carbonyl (C=O) groups is 1. The van der Waals surface area contributed by atoms with Crippen molar-refractivity contribution in [2.75, 3.05) is 18.4 Å². The lowest BCUT2D eigenvalue weighted by atomic mass is 10.0. The van der Waals surface area contributed by atoms with Gasteiger partial charge in [0, 0.05) is 60.9 Å². The second-order valence-electron chi connectivity index (χ2n) is 6.50. The molecule has 26 heavy (non-hydrogen) atoms. The summed E-state index contributed by atoms with van der Waals surface area (Å²) in [5.41, 5.74) is 3.45. The van der Waals surface area contributed by atoms with Gasteiger partial charge in [0.25, 0.3) is 5.91 Å². The van der Waals surface area contributed by atoms with Crippen LogP contribution in [0.15, 0.2) is 36.0 Å². The Kier molecular flexibility index (Phi) is 4.42. The largest absolute Gasteiger partial charge is 0.337 e. The maximum Gasteiger partial charge on any atom is 0.274 e. The van der Waals surface area contributed by atoms with E-state index in [1.165, 1.54) is 0 Å². The predicted octanol–water partition coefficient (Wildman–Crippen LogP) is 2.95. The van der Waals surface area contributed by atoms with E-state index < -0.39 is 0 Å². The Morgan fingerprint density at radius 3 is 3.00 bits per heavy atom. The number of carbonyl (C=O) groups excluding carboxylic acids is 1. The maximum absolute atomic E-state index is 12.6. The second kappa shape index (κ2) is 6.87. The Bertz CT molecular complexity index is 920. The van der Waals surface area contributed by atoms with Gasteiger partial charge in [-0.1, -0.05) is 0 Å². The minimum Gasteiger partial charge on any atom is -0.337 e. The van der Waals surface area contributed by atoms with E-state index in [9.17, 15) is 4.79 Å². The zero-order valence-electron chi connectivity index (χ0n) is 14.7. The standard InChI is InChI=1S/C18H20N6OS/c1-12-9-14(21-18-19-5-8-26-18)10-16(20-12)13-3-7-24(11-13)17(25)15-4-6-23(2)22-15/h4-6,8-10,13H,3,7,11H2,1-2H3,(H,19,20,21)/t13-/m0/s1. The average molecular weight is 368 g/mol. The third-order valence-electron chi connectivity index (χ3n) is 4.48. The third kappa shape index (κ3) is 3.45. The first kappa shape index (κ1) is 16.7. The van der Waals surface area contributed by atoms with Crippen molar-refractivity contribution in [2.24, 2.45) is 7.05 Å². The van der Waals surface area contributed by atoms with E-state index in [0.717, 1.165) is 35.2 Å². The summed E-state index contributed by atoms with van der Waals surface area (Å²) < 4.78 is 1.65. The Labute approximate surface area is 155 Å². The molecule has 3 aromatic heterocycles. The van der Waals surface area contributed by atoms with Crippen molar-refractivity contribution < 1.29 is 4.79 Å². The van der Waals surface area contributed by atoms with E-state index in [2.05, 4.69) is 21.5 Å². The van der Waals surface area contributed by atoms with Crippen LogP contribution in [0.3, 0.4) is 0 Å². The summed E-state index contributed by atoms with van der Waals surface area (Å²) in [6.07, 6.45) is 4.48. The van der Waals surface area contributed by atoms with Gasteiger partial charge in [0.1, 0.15) is 5.69 Å². The van der Waals surface area contributed by atoms with Gasteiger partial charge in [0.05, 0.1) is 0 Å². The van der Waals surface area contributed by atoms with E-state index in [-0.39, 0.29) is 11.8 Å². The van der Waals surface area contributed by atoms with Crippen LogP contribution >= 0.6 is 11.3 Å². The Morgan fingerprint density at radius 2 is 2.27 bits per heavy atom. The van der Waals surface area contributed by atoms with Crippen LogP contribution in [0.25, 0.3) is 0 Å². The molecule has 0 radical (unpaired) electrons. The zero-order chi connectivity index (χ0) is 18.1. The number of hydrogen-bond donors (Lipinski definition) is 1. The first-order chi connectivity index (χ1) is 12.6. The van der Waals surface area contributed by atoms with Gasteiger partial charge < -0.3 is 10.2 Å². The number of hydrogen-bond acceptors (Lipinski definition) is 6. The molecule has 1 amide bonds. The highest BCUT2D eigenvalue weighted by Gasteiger charge is 2.30. The third-order valence-corrected chi connectivity index (χ3v) is 5.17. The van der Waals surface area contributed by atoms with Crippen molar-refractivity contribution in [3.05, 3.63) is 53.1 Å². The van der Waals surface area contributed by atoms with Gasteiger partial charge in [0.15, 0.2) is 5.13 Å². The molecule has 1 N–H and O–H groups in total. The molecule has 3 aromatic rings. The molecule has 0 spiro atoms. The van der Waals surface area contributed by atoms with Gasteiger partial charge in [-0.3, -0.25) is 14.5 Å². The summed E-state index contributed by atoms with van der Waals surface area (Å²) in [6, 6.07) is 5.83. The molecule has 0 unspecified atom stereocenters. The van der Waals surface area contributed by atoms with E-state index >= 15 is 0 Å². The number of nitrogens with zero attached hydrogens (tertiary/aromatic N) is 5. The Balaban J connectivity index is 1.49. The molecule has 1 saturated heterocycles. The lowest BCUT2D eigenvalue weighted by molar-refractivity contribution is 0.0784. The normalized spacial score (nSPS) is 16.8. The average Bonchev–Trinajstić information content (AvgIpc) is 3.35. The fraction of sp³-hybridized carbons (Fsp3) is 0.333. The lowest BCUT2D eigenvalue weighted by Gasteiger charge is -2.16. The molecular formula is C18H20N6OS. The molecule has 1 aliphatic rings. The van der Waals surface area contributed by atoms with Gasteiger partial charge in [-0.25, -0.2) is 4.98 Å². The van der Waals surface area contributed by atoms with Crippen LogP contribution in [0.2, 0.25) is 0 Å². The molecule has 1 aliphatic heterocycles. The van der Waals surface area contributed by atoms with E-state index in [1.807, 2.05) is 30.3 Å². The van der Waals surface area contributed by atoms with Crippen molar-refractivity contribution >= 4 is 28.1 Å². The zero-order valence-corrected chi connectivity index (χ0v) is 15.5. The van der Waals surface area contributed by atoms with E-state index in [0.29, 0.717) is 12.2 Å². The van der Waals surface area contributed by atoms with Gasteiger partial charge in [-0.15, -0.1) is 11.3 Å². The minimum absolute atomic E-state index is 0.0121. The number of anilines is 2. The van der Waals surface area contributed by atoms with Crippen LogP contribution in [0, 0.1) is 6.92 Å². The summed E-state index contributed by atoms with van der Waals surface area (Å²) in [4.78, 5) is 23.4. The number of likely N-dealkylation sites (tertiary alicyclic amines) is 1. The smallest absolute Gasteiger partial charge is 0.274 e. The minimum atomic E-state index is -0.0121. The van der Waals surface area contributed by atoms with Crippen LogP contribution in [0.4, 0.5) is 10.8 Å². The quantitative estimate of drug-likeness (QED) is 0.766. The summed E-state index contributed by atoms with van der Waals surface area (Å²) >= 11 is 1.56. The van der Waals surface area contributed by atoms with Crippen LogP contribution in [0.1, 0.15) is 34.2 Å². The second-order valence-corrected chi connectivity index (χ2v) is 7.39. The summed E-state index contributed by atoms with van der Waals surface area (Å²) in [5, 5.41) is 10.3. The highest BCUT2D eigenvalue weighted by Crippen LogP contribution is 2.30. The monoisotopic (exact) mass is 368 g/mol. The SMILES string of the molecule is Cc1cc(Nc2nccs2)cc([C@H]2CCN(C(=O)c3ccn(C)n3)C2)n1. The first-order valence-corrected chi connectivity index (χ1v) is 9.40. The van der Waals surface area contributed by atoms with Crippen molar-refractivity contribution in [2.45, 2.75) is 19.3 Å². The Morgan fingerprint density at radius 1 is 1.38 bits per heavy atom. The van der Waals surface area contributed by atoms with Gasteiger partial charge >= 0.3 is 0 Å². The molecule has 7 nitrogen and oxygen atoms in total.